The van der Waals surface area contributed by atoms with E-state index in [1.54, 1.807) is 13.2 Å². The lowest BCUT2D eigenvalue weighted by molar-refractivity contribution is 0.191. The van der Waals surface area contributed by atoms with Gasteiger partial charge in [0.15, 0.2) is 0 Å². The standard InChI is InChI=1S/C12H15BrN2O/c1-9(5-6-16-2)15-12-4-3-10(8-14)7-11(12)13/h3-4,7,9,15H,5-6H2,1-2H3. The van der Waals surface area contributed by atoms with Crippen molar-refractivity contribution in [2.45, 2.75) is 19.4 Å². The van der Waals surface area contributed by atoms with Crippen molar-refractivity contribution in [3.63, 3.8) is 0 Å². The zero-order valence-corrected chi connectivity index (χ0v) is 11.0. The minimum Gasteiger partial charge on any atom is -0.385 e. The van der Waals surface area contributed by atoms with Gasteiger partial charge in [-0.3, -0.25) is 0 Å². The third kappa shape index (κ3) is 3.84. The summed E-state index contributed by atoms with van der Waals surface area (Å²) in [5.74, 6) is 0. The first kappa shape index (κ1) is 13.0. The highest BCUT2D eigenvalue weighted by Crippen LogP contribution is 2.24. The number of rotatable bonds is 5. The summed E-state index contributed by atoms with van der Waals surface area (Å²) in [6.07, 6.45) is 0.947. The topological polar surface area (TPSA) is 45.0 Å². The molecule has 1 aromatic carbocycles. The van der Waals surface area contributed by atoms with Gasteiger partial charge in [-0.1, -0.05) is 0 Å². The third-order valence-electron chi connectivity index (χ3n) is 2.26. The molecular weight excluding hydrogens is 268 g/mol. The summed E-state index contributed by atoms with van der Waals surface area (Å²) in [4.78, 5) is 0. The molecule has 4 heteroatoms. The van der Waals surface area contributed by atoms with Crippen molar-refractivity contribution in [3.05, 3.63) is 28.2 Å². The Morgan fingerprint density at radius 3 is 2.88 bits per heavy atom. The van der Waals surface area contributed by atoms with Crippen LogP contribution in [0.2, 0.25) is 0 Å². The Kier molecular flexibility index (Phi) is 5.30. The predicted molar refractivity (Wildman–Crippen MR) is 68.4 cm³/mol. The highest BCUT2D eigenvalue weighted by atomic mass is 79.9. The number of benzene rings is 1. The molecule has 0 aliphatic carbocycles. The fourth-order valence-corrected chi connectivity index (χ4v) is 1.83. The SMILES string of the molecule is COCCC(C)Nc1ccc(C#N)cc1Br. The Bertz CT molecular complexity index is 387. The molecule has 0 aliphatic rings. The zero-order chi connectivity index (χ0) is 12.0. The smallest absolute Gasteiger partial charge is 0.0992 e. The lowest BCUT2D eigenvalue weighted by atomic mass is 10.2. The van der Waals surface area contributed by atoms with Crippen LogP contribution in [0.25, 0.3) is 0 Å². The van der Waals surface area contributed by atoms with Crippen LogP contribution in [-0.2, 0) is 4.74 Å². The van der Waals surface area contributed by atoms with Crippen LogP contribution in [0.15, 0.2) is 22.7 Å². The Balaban J connectivity index is 2.64. The normalized spacial score (nSPS) is 11.9. The molecule has 1 unspecified atom stereocenters. The molecule has 86 valence electrons. The largest absolute Gasteiger partial charge is 0.385 e. The Labute approximate surface area is 105 Å². The second-order valence-corrected chi connectivity index (χ2v) is 4.49. The van der Waals surface area contributed by atoms with E-state index in [1.807, 2.05) is 12.1 Å². The van der Waals surface area contributed by atoms with Gasteiger partial charge in [-0.2, -0.15) is 5.26 Å². The maximum absolute atomic E-state index is 8.74. The summed E-state index contributed by atoms with van der Waals surface area (Å²) in [7, 11) is 1.70. The quantitative estimate of drug-likeness (QED) is 0.902. The molecule has 0 heterocycles. The van der Waals surface area contributed by atoms with E-state index in [9.17, 15) is 0 Å². The number of nitriles is 1. The number of nitrogens with one attached hydrogen (secondary N) is 1. The van der Waals surface area contributed by atoms with Gasteiger partial charge in [-0.05, 0) is 47.5 Å². The molecule has 0 aromatic heterocycles. The van der Waals surface area contributed by atoms with Crippen LogP contribution in [0.3, 0.4) is 0 Å². The second kappa shape index (κ2) is 6.51. The van der Waals surface area contributed by atoms with E-state index in [0.717, 1.165) is 23.2 Å². The van der Waals surface area contributed by atoms with E-state index in [1.165, 1.54) is 0 Å². The third-order valence-corrected chi connectivity index (χ3v) is 2.91. The van der Waals surface area contributed by atoms with Crippen molar-refractivity contribution < 1.29 is 4.74 Å². The van der Waals surface area contributed by atoms with Crippen LogP contribution in [0.5, 0.6) is 0 Å². The monoisotopic (exact) mass is 282 g/mol. The summed E-state index contributed by atoms with van der Waals surface area (Å²) < 4.78 is 5.93. The van der Waals surface area contributed by atoms with Crippen molar-refractivity contribution in [1.82, 2.24) is 0 Å². The van der Waals surface area contributed by atoms with Crippen LogP contribution < -0.4 is 5.32 Å². The molecule has 0 radical (unpaired) electrons. The Morgan fingerprint density at radius 1 is 1.56 bits per heavy atom. The Morgan fingerprint density at radius 2 is 2.31 bits per heavy atom. The number of hydrogen-bond donors (Lipinski definition) is 1. The Hall–Kier alpha value is -1.05. The predicted octanol–water partition coefficient (Wildman–Crippen LogP) is 3.16. The van der Waals surface area contributed by atoms with Gasteiger partial charge >= 0.3 is 0 Å². The number of methoxy groups -OCH3 is 1. The van der Waals surface area contributed by atoms with Crippen LogP contribution in [0.4, 0.5) is 5.69 Å². The molecule has 0 aliphatic heterocycles. The first-order valence-electron chi connectivity index (χ1n) is 5.12. The lowest BCUT2D eigenvalue weighted by Gasteiger charge is -2.16. The van der Waals surface area contributed by atoms with Gasteiger partial charge in [-0.25, -0.2) is 0 Å². The first-order valence-corrected chi connectivity index (χ1v) is 5.91. The number of anilines is 1. The van der Waals surface area contributed by atoms with Crippen molar-refractivity contribution in [3.8, 4) is 6.07 Å². The highest BCUT2D eigenvalue weighted by molar-refractivity contribution is 9.10. The fraction of sp³-hybridized carbons (Fsp3) is 0.417. The summed E-state index contributed by atoms with van der Waals surface area (Å²) in [5, 5.41) is 12.1. The minimum atomic E-state index is 0.337. The van der Waals surface area contributed by atoms with Gasteiger partial charge in [0, 0.05) is 29.9 Å². The van der Waals surface area contributed by atoms with Gasteiger partial charge in [-0.15, -0.1) is 0 Å². The van der Waals surface area contributed by atoms with E-state index < -0.39 is 0 Å². The van der Waals surface area contributed by atoms with E-state index in [-0.39, 0.29) is 0 Å². The van der Waals surface area contributed by atoms with E-state index in [2.05, 4.69) is 34.2 Å². The van der Waals surface area contributed by atoms with E-state index in [4.69, 9.17) is 10.00 Å². The number of ether oxygens (including phenoxy) is 1. The average Bonchev–Trinajstić information content (AvgIpc) is 2.29. The summed E-state index contributed by atoms with van der Waals surface area (Å²) in [5.41, 5.74) is 1.66. The number of hydrogen-bond acceptors (Lipinski definition) is 3. The first-order chi connectivity index (χ1) is 7.67. The lowest BCUT2D eigenvalue weighted by Crippen LogP contribution is -2.17. The molecule has 1 aromatic rings. The van der Waals surface area contributed by atoms with Gasteiger partial charge in [0.25, 0.3) is 0 Å². The fourth-order valence-electron chi connectivity index (χ4n) is 1.33. The van der Waals surface area contributed by atoms with Crippen LogP contribution >= 0.6 is 15.9 Å². The summed E-state index contributed by atoms with van der Waals surface area (Å²) >= 11 is 3.44. The molecule has 3 nitrogen and oxygen atoms in total. The molecular formula is C12H15BrN2O. The average molecular weight is 283 g/mol. The van der Waals surface area contributed by atoms with Crippen molar-refractivity contribution >= 4 is 21.6 Å². The number of halogens is 1. The summed E-state index contributed by atoms with van der Waals surface area (Å²) in [6.45, 7) is 2.84. The maximum atomic E-state index is 8.74. The minimum absolute atomic E-state index is 0.337. The highest BCUT2D eigenvalue weighted by Gasteiger charge is 2.05. The molecule has 16 heavy (non-hydrogen) atoms. The maximum Gasteiger partial charge on any atom is 0.0992 e. The second-order valence-electron chi connectivity index (χ2n) is 3.63. The molecule has 0 saturated heterocycles. The van der Waals surface area contributed by atoms with Crippen LogP contribution in [0, 0.1) is 11.3 Å². The van der Waals surface area contributed by atoms with Crippen molar-refractivity contribution in [2.75, 3.05) is 19.0 Å². The van der Waals surface area contributed by atoms with E-state index >= 15 is 0 Å². The van der Waals surface area contributed by atoms with Gasteiger partial charge in [0.2, 0.25) is 0 Å². The molecule has 0 spiro atoms. The van der Waals surface area contributed by atoms with Gasteiger partial charge in [0.1, 0.15) is 0 Å². The molecule has 0 fully saturated rings. The van der Waals surface area contributed by atoms with Gasteiger partial charge < -0.3 is 10.1 Å². The molecule has 1 atom stereocenters. The zero-order valence-electron chi connectivity index (χ0n) is 9.46. The van der Waals surface area contributed by atoms with Crippen LogP contribution in [-0.4, -0.2) is 19.8 Å². The molecule has 0 bridgehead atoms. The van der Waals surface area contributed by atoms with Crippen LogP contribution in [0.1, 0.15) is 18.9 Å². The molecule has 0 amide bonds. The van der Waals surface area contributed by atoms with Gasteiger partial charge in [0.05, 0.1) is 11.6 Å². The molecule has 0 saturated carbocycles. The number of nitrogens with zero attached hydrogens (tertiary/aromatic N) is 1. The summed E-state index contributed by atoms with van der Waals surface area (Å²) in [6, 6.07) is 7.96. The van der Waals surface area contributed by atoms with Crippen molar-refractivity contribution in [2.24, 2.45) is 0 Å². The molecule has 1 N–H and O–H groups in total. The molecule has 1 rings (SSSR count). The van der Waals surface area contributed by atoms with E-state index in [0.29, 0.717) is 11.6 Å². The van der Waals surface area contributed by atoms with Crippen molar-refractivity contribution in [1.29, 1.82) is 5.26 Å².